The molecule has 1 atom stereocenters. The van der Waals surface area contributed by atoms with Crippen molar-refractivity contribution in [3.63, 3.8) is 0 Å². The number of hydrogen-bond acceptors (Lipinski definition) is 4. The number of thiophene rings is 1. The van der Waals surface area contributed by atoms with Crippen molar-refractivity contribution in [2.45, 2.75) is 24.5 Å². The van der Waals surface area contributed by atoms with E-state index in [-0.39, 0.29) is 5.75 Å². The van der Waals surface area contributed by atoms with Crippen LogP contribution in [0.5, 0.6) is 5.75 Å². The second-order valence-corrected chi connectivity index (χ2v) is 7.76. The first-order valence-electron chi connectivity index (χ1n) is 8.09. The third-order valence-electron chi connectivity index (χ3n) is 3.66. The summed E-state index contributed by atoms with van der Waals surface area (Å²) in [6.45, 7) is 2.18. The van der Waals surface area contributed by atoms with Crippen molar-refractivity contribution in [2.75, 3.05) is 11.1 Å². The third-order valence-corrected chi connectivity index (χ3v) is 5.89. The summed E-state index contributed by atoms with van der Waals surface area (Å²) in [6.07, 6.45) is -0.814. The lowest BCUT2D eigenvalue weighted by molar-refractivity contribution is 0.398. The number of benzene rings is 2. The van der Waals surface area contributed by atoms with E-state index in [9.17, 15) is 9.50 Å². The highest BCUT2D eigenvalue weighted by atomic mass is 32.2. The van der Waals surface area contributed by atoms with Gasteiger partial charge in [0.25, 0.3) is 0 Å². The molecule has 2 N–H and O–H groups in total. The highest BCUT2D eigenvalue weighted by Crippen LogP contribution is 2.41. The highest BCUT2D eigenvalue weighted by molar-refractivity contribution is 7.99. The number of hydrogen-bond donors (Lipinski definition) is 2. The Hall–Kier alpha value is -1.98. The van der Waals surface area contributed by atoms with Crippen LogP contribution in [0.4, 0.5) is 10.1 Å². The van der Waals surface area contributed by atoms with Gasteiger partial charge in [-0.05, 0) is 30.2 Å². The van der Waals surface area contributed by atoms with Gasteiger partial charge >= 0.3 is 0 Å². The Morgan fingerprint density at radius 1 is 1.16 bits per heavy atom. The van der Waals surface area contributed by atoms with Crippen LogP contribution >= 0.6 is 23.1 Å². The molecule has 0 spiro atoms. The summed E-state index contributed by atoms with van der Waals surface area (Å²) < 4.78 is 13.0. The van der Waals surface area contributed by atoms with Crippen LogP contribution in [-0.2, 0) is 6.54 Å². The fourth-order valence-corrected chi connectivity index (χ4v) is 4.18. The van der Waals surface area contributed by atoms with Crippen LogP contribution in [-0.4, -0.2) is 17.0 Å². The molecule has 3 rings (SSSR count). The molecular weight excluding hydrogens is 353 g/mol. The van der Waals surface area contributed by atoms with Gasteiger partial charge < -0.3 is 10.4 Å². The minimum absolute atomic E-state index is 0.285. The van der Waals surface area contributed by atoms with Gasteiger partial charge in [0.1, 0.15) is 6.17 Å². The predicted molar refractivity (Wildman–Crippen MR) is 106 cm³/mol. The highest BCUT2D eigenvalue weighted by Gasteiger charge is 2.12. The lowest BCUT2D eigenvalue weighted by atomic mass is 10.2. The third kappa shape index (κ3) is 4.77. The number of aromatic hydroxyl groups is 1. The topological polar surface area (TPSA) is 32.3 Å². The largest absolute Gasteiger partial charge is 0.504 e. The first kappa shape index (κ1) is 17.8. The summed E-state index contributed by atoms with van der Waals surface area (Å²) in [5.41, 5.74) is 2.85. The molecule has 0 radical (unpaired) electrons. The van der Waals surface area contributed by atoms with E-state index in [0.717, 1.165) is 26.6 Å². The summed E-state index contributed by atoms with van der Waals surface area (Å²) in [5.74, 6) is 0.746. The molecule has 0 saturated carbocycles. The molecule has 2 aromatic carbocycles. The molecular formula is C20H20FNOS2. The fourth-order valence-electron chi connectivity index (χ4n) is 2.43. The van der Waals surface area contributed by atoms with Crippen molar-refractivity contribution in [1.29, 1.82) is 0 Å². The van der Waals surface area contributed by atoms with Gasteiger partial charge in [0, 0.05) is 22.6 Å². The molecule has 0 bridgehead atoms. The summed E-state index contributed by atoms with van der Waals surface area (Å²) in [5, 5.41) is 15.7. The van der Waals surface area contributed by atoms with Crippen LogP contribution < -0.4 is 5.32 Å². The van der Waals surface area contributed by atoms with Crippen LogP contribution in [0.3, 0.4) is 0 Å². The SMILES string of the molecule is CC(F)CSc1cccc(CNc2csc(-c3ccccc3)c2O)c1. The number of halogens is 1. The summed E-state index contributed by atoms with van der Waals surface area (Å²) in [7, 11) is 0. The molecule has 0 fully saturated rings. The quantitative estimate of drug-likeness (QED) is 0.485. The summed E-state index contributed by atoms with van der Waals surface area (Å²) in [6, 6.07) is 17.9. The van der Waals surface area contributed by atoms with E-state index in [0.29, 0.717) is 12.3 Å². The Labute approximate surface area is 155 Å². The molecule has 130 valence electrons. The maximum Gasteiger partial charge on any atom is 0.157 e. The Kier molecular flexibility index (Phi) is 6.00. The van der Waals surface area contributed by atoms with Gasteiger partial charge in [-0.1, -0.05) is 42.5 Å². The van der Waals surface area contributed by atoms with Crippen molar-refractivity contribution in [3.05, 3.63) is 65.5 Å². The maximum absolute atomic E-state index is 13.0. The van der Waals surface area contributed by atoms with Crippen molar-refractivity contribution >= 4 is 28.8 Å². The average molecular weight is 374 g/mol. The fraction of sp³-hybridized carbons (Fsp3) is 0.200. The van der Waals surface area contributed by atoms with E-state index in [1.165, 1.54) is 23.1 Å². The van der Waals surface area contributed by atoms with E-state index in [1.807, 2.05) is 53.9 Å². The van der Waals surface area contributed by atoms with Gasteiger partial charge in [-0.2, -0.15) is 0 Å². The zero-order valence-corrected chi connectivity index (χ0v) is 15.5. The Bertz CT molecular complexity index is 818. The van der Waals surface area contributed by atoms with E-state index >= 15 is 0 Å². The van der Waals surface area contributed by atoms with Crippen molar-refractivity contribution in [3.8, 4) is 16.2 Å². The minimum Gasteiger partial charge on any atom is -0.504 e. The lowest BCUT2D eigenvalue weighted by Gasteiger charge is -2.08. The van der Waals surface area contributed by atoms with Crippen LogP contribution in [0.2, 0.25) is 0 Å². The van der Waals surface area contributed by atoms with E-state index in [1.54, 1.807) is 6.92 Å². The van der Waals surface area contributed by atoms with Crippen molar-refractivity contribution in [2.24, 2.45) is 0 Å². The molecule has 1 unspecified atom stereocenters. The predicted octanol–water partition coefficient (Wildman–Crippen LogP) is 6.18. The van der Waals surface area contributed by atoms with E-state index in [2.05, 4.69) is 11.4 Å². The zero-order chi connectivity index (χ0) is 17.6. The normalized spacial score (nSPS) is 12.1. The van der Waals surface area contributed by atoms with Crippen molar-refractivity contribution < 1.29 is 9.50 Å². The zero-order valence-electron chi connectivity index (χ0n) is 13.9. The smallest absolute Gasteiger partial charge is 0.157 e. The van der Waals surface area contributed by atoms with Crippen LogP contribution in [0.15, 0.2) is 64.9 Å². The van der Waals surface area contributed by atoms with Crippen LogP contribution in [0, 0.1) is 0 Å². The molecule has 0 saturated heterocycles. The molecule has 3 aromatic rings. The monoisotopic (exact) mass is 373 g/mol. The van der Waals surface area contributed by atoms with Gasteiger partial charge in [-0.3, -0.25) is 0 Å². The second kappa shape index (κ2) is 8.41. The van der Waals surface area contributed by atoms with Gasteiger partial charge in [0.05, 0.1) is 10.6 Å². The first-order valence-corrected chi connectivity index (χ1v) is 9.95. The lowest BCUT2D eigenvalue weighted by Crippen LogP contribution is -1.99. The molecule has 1 heterocycles. The number of rotatable bonds is 7. The molecule has 1 aromatic heterocycles. The number of anilines is 1. The summed E-state index contributed by atoms with van der Waals surface area (Å²) >= 11 is 3.04. The average Bonchev–Trinajstić information content (AvgIpc) is 3.00. The molecule has 0 aliphatic carbocycles. The molecule has 0 amide bonds. The van der Waals surface area contributed by atoms with Gasteiger partial charge in [0.2, 0.25) is 0 Å². The summed E-state index contributed by atoms with van der Waals surface area (Å²) in [4.78, 5) is 1.92. The molecule has 0 aliphatic rings. The molecule has 0 aliphatic heterocycles. The van der Waals surface area contributed by atoms with E-state index in [4.69, 9.17) is 0 Å². The van der Waals surface area contributed by atoms with Crippen LogP contribution in [0.1, 0.15) is 12.5 Å². The number of alkyl halides is 1. The van der Waals surface area contributed by atoms with Gasteiger partial charge in [0.15, 0.2) is 5.75 Å². The van der Waals surface area contributed by atoms with Gasteiger partial charge in [-0.25, -0.2) is 4.39 Å². The Morgan fingerprint density at radius 3 is 2.72 bits per heavy atom. The van der Waals surface area contributed by atoms with Gasteiger partial charge in [-0.15, -0.1) is 23.1 Å². The van der Waals surface area contributed by atoms with Crippen LogP contribution in [0.25, 0.3) is 10.4 Å². The molecule has 2 nitrogen and oxygen atoms in total. The second-order valence-electron chi connectivity index (χ2n) is 5.79. The Morgan fingerprint density at radius 2 is 1.96 bits per heavy atom. The molecule has 25 heavy (non-hydrogen) atoms. The minimum atomic E-state index is -0.814. The van der Waals surface area contributed by atoms with E-state index < -0.39 is 6.17 Å². The standard InChI is InChI=1S/C20H20FNOS2/c1-14(21)12-24-17-9-5-6-15(10-17)11-22-18-13-25-20(19(18)23)16-7-3-2-4-8-16/h2-10,13-14,22-23H,11-12H2,1H3. The first-order chi connectivity index (χ1) is 12.1. The molecule has 5 heteroatoms. The number of thioether (sulfide) groups is 1. The maximum atomic E-state index is 13.0. The van der Waals surface area contributed by atoms with Crippen molar-refractivity contribution in [1.82, 2.24) is 0 Å². The Balaban J connectivity index is 1.66. The number of nitrogens with one attached hydrogen (secondary N) is 1.